The van der Waals surface area contributed by atoms with Crippen molar-refractivity contribution < 1.29 is 4.42 Å². The van der Waals surface area contributed by atoms with E-state index in [1.54, 1.807) is 11.3 Å². The van der Waals surface area contributed by atoms with Gasteiger partial charge in [-0.25, -0.2) is 9.97 Å². The third-order valence-corrected chi connectivity index (χ3v) is 10.2. The number of benzene rings is 6. The molecule has 0 saturated carbocycles. The molecule has 4 aromatic heterocycles. The second kappa shape index (κ2) is 10.2. The monoisotopic (exact) mass is 619 g/mol. The highest BCUT2D eigenvalue weighted by molar-refractivity contribution is 7.26. The molecule has 6 aromatic carbocycles. The van der Waals surface area contributed by atoms with Crippen molar-refractivity contribution in [2.45, 2.75) is 0 Å². The summed E-state index contributed by atoms with van der Waals surface area (Å²) >= 11 is 1.75. The number of rotatable bonds is 4. The molecule has 0 amide bonds. The first-order chi connectivity index (χ1) is 23.3. The van der Waals surface area contributed by atoms with Gasteiger partial charge in [0.05, 0.1) is 32.3 Å². The summed E-state index contributed by atoms with van der Waals surface area (Å²) in [7, 11) is 0. The van der Waals surface area contributed by atoms with E-state index in [2.05, 4.69) is 132 Å². The van der Waals surface area contributed by atoms with Crippen molar-refractivity contribution >= 4 is 64.6 Å². The van der Waals surface area contributed by atoms with Crippen LogP contribution in [-0.4, -0.2) is 14.5 Å². The van der Waals surface area contributed by atoms with Crippen LogP contribution in [0.1, 0.15) is 0 Å². The molecule has 0 spiro atoms. The van der Waals surface area contributed by atoms with Crippen LogP contribution in [0.5, 0.6) is 0 Å². The molecule has 10 aromatic rings. The van der Waals surface area contributed by atoms with E-state index in [1.807, 2.05) is 24.3 Å². The van der Waals surface area contributed by atoms with Crippen molar-refractivity contribution in [3.05, 3.63) is 152 Å². The van der Waals surface area contributed by atoms with Crippen molar-refractivity contribution in [3.8, 4) is 39.5 Å². The summed E-state index contributed by atoms with van der Waals surface area (Å²) in [5.41, 5.74) is 11.3. The molecule has 4 heterocycles. The SMILES string of the molecule is c1ccc(-n2c(-c3ccc(-c4ccc(-c5nc6c7ccccc7sc6c6oc7ccccc7c56)cc4)cc3)nc3ccccc32)cc1. The average Bonchev–Trinajstić information content (AvgIpc) is 3.84. The Morgan fingerprint density at radius 1 is 0.532 bits per heavy atom. The first kappa shape index (κ1) is 26.2. The fourth-order valence-electron chi connectivity index (χ4n) is 6.80. The minimum absolute atomic E-state index is 0.882. The maximum absolute atomic E-state index is 6.52. The molecule has 47 heavy (non-hydrogen) atoms. The quantitative estimate of drug-likeness (QED) is 0.197. The van der Waals surface area contributed by atoms with Crippen molar-refractivity contribution in [3.63, 3.8) is 0 Å². The number of nitrogens with zero attached hydrogens (tertiary/aromatic N) is 3. The topological polar surface area (TPSA) is 43.9 Å². The lowest BCUT2D eigenvalue weighted by Gasteiger charge is -2.10. The Morgan fingerprint density at radius 3 is 1.98 bits per heavy atom. The number of fused-ring (bicyclic) bond motifs is 8. The molecule has 0 atom stereocenters. The standard InChI is InChI=1S/C42H25N3OS/c1-2-10-30(11-3-1)45-34-15-7-6-14-33(34)43-42(45)29-24-20-27(21-25-29)26-18-22-28(23-19-26)38-37-31-12-4-8-16-35(31)46-40(37)41-39(44-38)32-13-5-9-17-36(32)47-41/h1-25H. The Bertz CT molecular complexity index is 2770. The van der Waals surface area contributed by atoms with Gasteiger partial charge in [0.25, 0.3) is 0 Å². The van der Waals surface area contributed by atoms with Gasteiger partial charge in [-0.2, -0.15) is 0 Å². The molecule has 0 bridgehead atoms. The maximum atomic E-state index is 6.52. The van der Waals surface area contributed by atoms with Crippen LogP contribution in [0.3, 0.4) is 0 Å². The highest BCUT2D eigenvalue weighted by Crippen LogP contribution is 2.44. The van der Waals surface area contributed by atoms with E-state index in [4.69, 9.17) is 14.4 Å². The first-order valence-corrected chi connectivity index (χ1v) is 16.5. The van der Waals surface area contributed by atoms with Gasteiger partial charge in [-0.3, -0.25) is 4.57 Å². The molecule has 0 fully saturated rings. The van der Waals surface area contributed by atoms with Gasteiger partial charge in [0.15, 0.2) is 5.58 Å². The van der Waals surface area contributed by atoms with E-state index in [1.165, 1.54) is 4.70 Å². The number of thiophene rings is 1. The molecule has 4 nitrogen and oxygen atoms in total. The number of para-hydroxylation sites is 4. The molecule has 5 heteroatoms. The van der Waals surface area contributed by atoms with Crippen LogP contribution in [0, 0.1) is 0 Å². The molecule has 10 rings (SSSR count). The van der Waals surface area contributed by atoms with E-state index < -0.39 is 0 Å². The molecule has 0 aliphatic heterocycles. The van der Waals surface area contributed by atoms with E-state index in [0.717, 1.165) is 88.0 Å². The third kappa shape index (κ3) is 4.07. The molecule has 0 aliphatic carbocycles. The van der Waals surface area contributed by atoms with Crippen molar-refractivity contribution in [2.24, 2.45) is 0 Å². The van der Waals surface area contributed by atoms with Gasteiger partial charge in [0.1, 0.15) is 11.4 Å². The van der Waals surface area contributed by atoms with Gasteiger partial charge >= 0.3 is 0 Å². The smallest absolute Gasteiger partial charge is 0.157 e. The van der Waals surface area contributed by atoms with Crippen LogP contribution in [0.25, 0.3) is 92.7 Å². The zero-order valence-corrected chi connectivity index (χ0v) is 25.9. The van der Waals surface area contributed by atoms with Crippen LogP contribution >= 0.6 is 11.3 Å². The summed E-state index contributed by atoms with van der Waals surface area (Å²) in [6.07, 6.45) is 0. The van der Waals surface area contributed by atoms with Gasteiger partial charge in [0.2, 0.25) is 0 Å². The van der Waals surface area contributed by atoms with Crippen molar-refractivity contribution in [1.82, 2.24) is 14.5 Å². The summed E-state index contributed by atoms with van der Waals surface area (Å²) in [5.74, 6) is 0.929. The van der Waals surface area contributed by atoms with Gasteiger partial charge in [0, 0.05) is 32.3 Å². The Kier molecular flexibility index (Phi) is 5.71. The lowest BCUT2D eigenvalue weighted by atomic mass is 9.99. The van der Waals surface area contributed by atoms with E-state index in [9.17, 15) is 0 Å². The number of imidazole rings is 1. The maximum Gasteiger partial charge on any atom is 0.157 e. The summed E-state index contributed by atoms with van der Waals surface area (Å²) in [6.45, 7) is 0. The number of hydrogen-bond donors (Lipinski definition) is 0. The predicted molar refractivity (Wildman–Crippen MR) is 195 cm³/mol. The van der Waals surface area contributed by atoms with Gasteiger partial charge in [-0.1, -0.05) is 115 Å². The Balaban J connectivity index is 1.07. The molecule has 0 radical (unpaired) electrons. The predicted octanol–water partition coefficient (Wildman–Crippen LogP) is 11.7. The number of furan rings is 1. The Labute approximate surface area is 273 Å². The Morgan fingerprint density at radius 2 is 1.17 bits per heavy atom. The minimum atomic E-state index is 0.882. The van der Waals surface area contributed by atoms with E-state index in [0.29, 0.717) is 0 Å². The molecule has 220 valence electrons. The number of hydrogen-bond acceptors (Lipinski definition) is 4. The minimum Gasteiger partial charge on any atom is -0.454 e. The van der Waals surface area contributed by atoms with Gasteiger partial charge in [-0.15, -0.1) is 11.3 Å². The number of pyridine rings is 1. The summed E-state index contributed by atoms with van der Waals surface area (Å²) < 4.78 is 11.1. The highest BCUT2D eigenvalue weighted by atomic mass is 32.1. The summed E-state index contributed by atoms with van der Waals surface area (Å²) in [5, 5.41) is 3.32. The lowest BCUT2D eigenvalue weighted by Crippen LogP contribution is -1.97. The summed E-state index contributed by atoms with van der Waals surface area (Å²) in [4.78, 5) is 10.4. The number of aromatic nitrogens is 3. The normalized spacial score (nSPS) is 11.8. The van der Waals surface area contributed by atoms with Crippen LogP contribution in [0.2, 0.25) is 0 Å². The Hall–Kier alpha value is -6.04. The van der Waals surface area contributed by atoms with Gasteiger partial charge < -0.3 is 4.42 Å². The second-order valence-corrected chi connectivity index (χ2v) is 12.8. The fraction of sp³-hybridized carbons (Fsp3) is 0. The van der Waals surface area contributed by atoms with Crippen LogP contribution in [0.15, 0.2) is 156 Å². The third-order valence-electron chi connectivity index (χ3n) is 9.04. The fourth-order valence-corrected chi connectivity index (χ4v) is 7.93. The highest BCUT2D eigenvalue weighted by Gasteiger charge is 2.21. The van der Waals surface area contributed by atoms with Gasteiger partial charge in [-0.05, 0) is 47.5 Å². The van der Waals surface area contributed by atoms with Crippen LogP contribution in [-0.2, 0) is 0 Å². The van der Waals surface area contributed by atoms with Crippen molar-refractivity contribution in [2.75, 3.05) is 0 Å². The van der Waals surface area contributed by atoms with Crippen LogP contribution < -0.4 is 0 Å². The first-order valence-electron chi connectivity index (χ1n) is 15.7. The molecular weight excluding hydrogens is 595 g/mol. The zero-order chi connectivity index (χ0) is 30.9. The lowest BCUT2D eigenvalue weighted by molar-refractivity contribution is 0.673. The second-order valence-electron chi connectivity index (χ2n) is 11.8. The molecule has 0 N–H and O–H groups in total. The molecule has 0 aliphatic rings. The molecular formula is C42H25N3OS. The van der Waals surface area contributed by atoms with E-state index >= 15 is 0 Å². The summed E-state index contributed by atoms with van der Waals surface area (Å²) in [6, 6.07) is 52.9. The van der Waals surface area contributed by atoms with Crippen molar-refractivity contribution in [1.29, 1.82) is 0 Å². The molecule has 0 saturated heterocycles. The average molecular weight is 620 g/mol. The van der Waals surface area contributed by atoms with Crippen LogP contribution in [0.4, 0.5) is 0 Å². The van der Waals surface area contributed by atoms with E-state index in [-0.39, 0.29) is 0 Å². The largest absolute Gasteiger partial charge is 0.454 e. The molecule has 0 unspecified atom stereocenters. The zero-order valence-electron chi connectivity index (χ0n) is 25.1.